The molecule has 0 spiro atoms. The third kappa shape index (κ3) is 11.7. The maximum absolute atomic E-state index is 12.4. The molecule has 7 heteroatoms. The molecule has 0 saturated carbocycles. The van der Waals surface area contributed by atoms with E-state index in [0.29, 0.717) is 25.8 Å². The van der Waals surface area contributed by atoms with Crippen molar-refractivity contribution in [2.45, 2.75) is 64.5 Å². The molecule has 0 rings (SSSR count). The van der Waals surface area contributed by atoms with E-state index in [2.05, 4.69) is 39.9 Å². The van der Waals surface area contributed by atoms with Gasteiger partial charge in [-0.2, -0.15) is 0 Å². The summed E-state index contributed by atoms with van der Waals surface area (Å²) < 4.78 is 0. The number of amides is 1. The van der Waals surface area contributed by atoms with Crippen LogP contribution in [0, 0.1) is 23.9 Å². The van der Waals surface area contributed by atoms with Crippen LogP contribution in [0.25, 0.3) is 0 Å². The van der Waals surface area contributed by atoms with Gasteiger partial charge >= 0.3 is 5.97 Å². The minimum Gasteiger partial charge on any atom is -0.480 e. The van der Waals surface area contributed by atoms with Crippen LogP contribution in [0.1, 0.15) is 52.4 Å². The van der Waals surface area contributed by atoms with E-state index >= 15 is 0 Å². The number of carbonyl (C=O) groups excluding carboxylic acids is 1. The third-order valence-electron chi connectivity index (χ3n) is 3.51. The molecule has 0 aliphatic rings. The Hall–Kier alpha value is -2.38. The second-order valence-corrected chi connectivity index (χ2v) is 5.55. The molecule has 7 nitrogen and oxygen atoms in total. The van der Waals surface area contributed by atoms with Gasteiger partial charge in [-0.25, -0.2) is 4.79 Å². The summed E-state index contributed by atoms with van der Waals surface area (Å²) in [5.41, 5.74) is 5.42. The standard InChI is InChI=1S/C18H30N4O3/c1-3-12-20-14-8-6-9-15(21-13-4-2)17(23)22-16(18(24)25)10-5-7-11-19/h15-16,20-21H,5-11,14,19H2,1-2H3,(H,22,23)(H,24,25). The van der Waals surface area contributed by atoms with E-state index in [1.54, 1.807) is 13.8 Å². The second kappa shape index (κ2) is 15.2. The molecule has 0 bridgehead atoms. The Morgan fingerprint density at radius 1 is 1.00 bits per heavy atom. The number of carbonyl (C=O) groups is 2. The molecule has 6 N–H and O–H groups in total. The molecular formula is C18H30N4O3. The number of unbranched alkanes of at least 4 members (excludes halogenated alkanes) is 2. The zero-order chi connectivity index (χ0) is 18.9. The van der Waals surface area contributed by atoms with Crippen LogP contribution in [0.5, 0.6) is 0 Å². The highest BCUT2D eigenvalue weighted by atomic mass is 16.4. The summed E-state index contributed by atoms with van der Waals surface area (Å²) in [5, 5.41) is 17.7. The predicted octanol–water partition coefficient (Wildman–Crippen LogP) is 0.365. The second-order valence-electron chi connectivity index (χ2n) is 5.55. The molecule has 1 amide bonds. The molecule has 0 radical (unpaired) electrons. The minimum absolute atomic E-state index is 0.343. The summed E-state index contributed by atoms with van der Waals surface area (Å²) in [4.78, 5) is 23.7. The molecule has 0 heterocycles. The van der Waals surface area contributed by atoms with Gasteiger partial charge in [0.15, 0.2) is 0 Å². The van der Waals surface area contributed by atoms with Crippen molar-refractivity contribution in [3.05, 3.63) is 0 Å². The van der Waals surface area contributed by atoms with Crippen LogP contribution in [-0.4, -0.2) is 42.2 Å². The molecule has 0 aliphatic carbocycles. The number of nitrogens with two attached hydrogens (primary N) is 1. The Bertz CT molecular complexity index is 514. The lowest BCUT2D eigenvalue weighted by Crippen LogP contribution is -2.49. The Morgan fingerprint density at radius 2 is 1.64 bits per heavy atom. The molecule has 0 fully saturated rings. The highest BCUT2D eigenvalue weighted by Gasteiger charge is 2.24. The number of carboxylic acids is 1. The van der Waals surface area contributed by atoms with Crippen LogP contribution >= 0.6 is 0 Å². The van der Waals surface area contributed by atoms with Gasteiger partial charge < -0.3 is 26.8 Å². The van der Waals surface area contributed by atoms with Crippen molar-refractivity contribution < 1.29 is 14.7 Å². The van der Waals surface area contributed by atoms with Gasteiger partial charge in [-0.15, -0.1) is 0 Å². The first kappa shape index (κ1) is 22.6. The smallest absolute Gasteiger partial charge is 0.326 e. The van der Waals surface area contributed by atoms with Crippen LogP contribution in [0.3, 0.4) is 0 Å². The monoisotopic (exact) mass is 350 g/mol. The Morgan fingerprint density at radius 3 is 2.24 bits per heavy atom. The van der Waals surface area contributed by atoms with Crippen LogP contribution in [0.4, 0.5) is 0 Å². The maximum Gasteiger partial charge on any atom is 0.326 e. The number of hydrogen-bond acceptors (Lipinski definition) is 5. The first-order chi connectivity index (χ1) is 12.1. The van der Waals surface area contributed by atoms with Crippen molar-refractivity contribution in [1.82, 2.24) is 16.0 Å². The van der Waals surface area contributed by atoms with E-state index in [4.69, 9.17) is 5.73 Å². The molecule has 0 aromatic heterocycles. The van der Waals surface area contributed by atoms with Crippen LogP contribution in [-0.2, 0) is 9.59 Å². The average molecular weight is 350 g/mol. The largest absolute Gasteiger partial charge is 0.480 e. The van der Waals surface area contributed by atoms with Gasteiger partial charge in [0.05, 0.1) is 0 Å². The van der Waals surface area contributed by atoms with Crippen molar-refractivity contribution >= 4 is 11.9 Å². The fourth-order valence-corrected chi connectivity index (χ4v) is 2.16. The fraction of sp³-hybridized carbons (Fsp3) is 0.667. The van der Waals surface area contributed by atoms with Crippen LogP contribution in [0.15, 0.2) is 0 Å². The lowest BCUT2D eigenvalue weighted by atomic mass is 10.1. The zero-order valence-corrected chi connectivity index (χ0v) is 15.2. The van der Waals surface area contributed by atoms with Crippen molar-refractivity contribution in [3.8, 4) is 23.9 Å². The minimum atomic E-state index is -1.03. The molecule has 0 aliphatic heterocycles. The number of nitrogens with one attached hydrogen (secondary N) is 3. The predicted molar refractivity (Wildman–Crippen MR) is 98.1 cm³/mol. The van der Waals surface area contributed by atoms with E-state index in [0.717, 1.165) is 25.8 Å². The van der Waals surface area contributed by atoms with E-state index in [1.165, 1.54) is 0 Å². The first-order valence-electron chi connectivity index (χ1n) is 8.61. The van der Waals surface area contributed by atoms with Gasteiger partial charge in [-0.05, 0) is 58.9 Å². The number of rotatable bonds is 13. The summed E-state index contributed by atoms with van der Waals surface area (Å²) in [5.74, 6) is 4.06. The number of aliphatic carboxylic acids is 1. The third-order valence-corrected chi connectivity index (χ3v) is 3.51. The fourth-order valence-electron chi connectivity index (χ4n) is 2.16. The quantitative estimate of drug-likeness (QED) is 0.186. The van der Waals surface area contributed by atoms with Crippen molar-refractivity contribution in [3.63, 3.8) is 0 Å². The van der Waals surface area contributed by atoms with Crippen molar-refractivity contribution in [2.24, 2.45) is 5.73 Å². The van der Waals surface area contributed by atoms with Crippen molar-refractivity contribution in [2.75, 3.05) is 13.1 Å². The number of carboxylic acid groups (broad SMARTS) is 1. The summed E-state index contributed by atoms with van der Waals surface area (Å²) in [6, 6.07) is 4.00. The van der Waals surface area contributed by atoms with Gasteiger partial charge in [-0.1, -0.05) is 11.8 Å². The molecule has 2 unspecified atom stereocenters. The van der Waals surface area contributed by atoms with Crippen LogP contribution < -0.4 is 21.7 Å². The Balaban J connectivity index is 4.53. The zero-order valence-electron chi connectivity index (χ0n) is 15.2. The van der Waals surface area contributed by atoms with Gasteiger partial charge in [0.1, 0.15) is 12.1 Å². The highest BCUT2D eigenvalue weighted by molar-refractivity contribution is 5.87. The summed E-state index contributed by atoms with van der Waals surface area (Å²) in [7, 11) is 0. The average Bonchev–Trinajstić information content (AvgIpc) is 2.59. The molecular weight excluding hydrogens is 320 g/mol. The van der Waals surface area contributed by atoms with Gasteiger partial charge in [0.25, 0.3) is 0 Å². The SMILES string of the molecule is CC#CNCCCCC(NC#CC)C(=O)NC(CCCCN)C(=O)O. The summed E-state index contributed by atoms with van der Waals surface area (Å²) in [6.45, 7) is 4.67. The van der Waals surface area contributed by atoms with E-state index in [9.17, 15) is 14.7 Å². The molecule has 0 aromatic carbocycles. The molecule has 2 atom stereocenters. The summed E-state index contributed by atoms with van der Waals surface area (Å²) >= 11 is 0. The number of hydrogen-bond donors (Lipinski definition) is 5. The van der Waals surface area contributed by atoms with E-state index in [-0.39, 0.29) is 5.91 Å². The van der Waals surface area contributed by atoms with Gasteiger partial charge in [0, 0.05) is 18.6 Å². The maximum atomic E-state index is 12.4. The lowest BCUT2D eigenvalue weighted by molar-refractivity contribution is -0.142. The highest BCUT2D eigenvalue weighted by Crippen LogP contribution is 2.05. The van der Waals surface area contributed by atoms with E-state index < -0.39 is 18.1 Å². The topological polar surface area (TPSA) is 116 Å². The van der Waals surface area contributed by atoms with Crippen molar-refractivity contribution in [1.29, 1.82) is 0 Å². The van der Waals surface area contributed by atoms with E-state index in [1.807, 2.05) is 0 Å². The van der Waals surface area contributed by atoms with Crippen LogP contribution in [0.2, 0.25) is 0 Å². The Kier molecular flexibility index (Phi) is 13.7. The molecule has 0 saturated heterocycles. The van der Waals surface area contributed by atoms with Gasteiger partial charge in [-0.3, -0.25) is 4.79 Å². The normalized spacial score (nSPS) is 11.8. The Labute approximate surface area is 150 Å². The lowest BCUT2D eigenvalue weighted by Gasteiger charge is -2.20. The molecule has 0 aromatic rings. The molecule has 140 valence electrons. The van der Waals surface area contributed by atoms with Gasteiger partial charge in [0.2, 0.25) is 5.91 Å². The first-order valence-corrected chi connectivity index (χ1v) is 8.61. The summed E-state index contributed by atoms with van der Waals surface area (Å²) in [6.07, 6.45) is 3.97. The molecule has 25 heavy (non-hydrogen) atoms.